The molecule has 0 unspecified atom stereocenters. The lowest BCUT2D eigenvalue weighted by atomic mass is 10.1. The van der Waals surface area contributed by atoms with Crippen LogP contribution in [-0.4, -0.2) is 59.1 Å². The topological polar surface area (TPSA) is 65.8 Å². The molecule has 0 amide bonds. The maximum absolute atomic E-state index is 14.9. The molecule has 2 aliphatic rings. The van der Waals surface area contributed by atoms with Gasteiger partial charge in [0.05, 0.1) is 11.2 Å². The fraction of sp³-hybridized carbons (Fsp3) is 0.429. The van der Waals surface area contributed by atoms with Crippen LogP contribution >= 0.6 is 11.6 Å². The lowest BCUT2D eigenvalue weighted by molar-refractivity contribution is 0.0695. The zero-order valence-corrected chi connectivity index (χ0v) is 16.7. The number of nitrogens with zero attached hydrogens (tertiary/aromatic N) is 3. The van der Waals surface area contributed by atoms with Gasteiger partial charge in [0.2, 0.25) is 5.43 Å². The second kappa shape index (κ2) is 8.16. The molecule has 0 spiro atoms. The van der Waals surface area contributed by atoms with Crippen molar-refractivity contribution in [3.63, 3.8) is 0 Å². The number of fused-ring (bicyclic) bond motifs is 1. The van der Waals surface area contributed by atoms with Gasteiger partial charge >= 0.3 is 5.97 Å². The number of hydrogen-bond acceptors (Lipinski definition) is 4. The average molecular weight is 420 g/mol. The average Bonchev–Trinajstić information content (AvgIpc) is 3.54. The molecule has 8 heteroatoms. The first-order valence-corrected chi connectivity index (χ1v) is 10.3. The molecule has 2 fully saturated rings. The van der Waals surface area contributed by atoms with Crippen molar-refractivity contribution >= 4 is 34.2 Å². The fourth-order valence-corrected chi connectivity index (χ4v) is 3.99. The van der Waals surface area contributed by atoms with Gasteiger partial charge in [-0.3, -0.25) is 9.69 Å². The van der Waals surface area contributed by atoms with E-state index in [0.717, 1.165) is 32.5 Å². The lowest BCUT2D eigenvalue weighted by Gasteiger charge is -2.36. The van der Waals surface area contributed by atoms with Crippen LogP contribution in [0.2, 0.25) is 0 Å². The van der Waals surface area contributed by atoms with Gasteiger partial charge in [-0.15, -0.1) is 11.6 Å². The summed E-state index contributed by atoms with van der Waals surface area (Å²) in [6.45, 7) is 3.78. The van der Waals surface area contributed by atoms with Crippen LogP contribution in [0, 0.1) is 5.82 Å². The number of hydrogen-bond donors (Lipinski definition) is 1. The first kappa shape index (κ1) is 19.9. The third-order valence-electron chi connectivity index (χ3n) is 5.60. The van der Waals surface area contributed by atoms with Crippen molar-refractivity contribution in [3.05, 3.63) is 52.1 Å². The Morgan fingerprint density at radius 1 is 1.21 bits per heavy atom. The molecule has 2 heterocycles. The minimum Gasteiger partial charge on any atom is -0.477 e. The van der Waals surface area contributed by atoms with E-state index in [9.17, 15) is 19.1 Å². The maximum Gasteiger partial charge on any atom is 0.341 e. The quantitative estimate of drug-likeness (QED) is 0.575. The third-order valence-corrected chi connectivity index (χ3v) is 5.78. The predicted molar refractivity (Wildman–Crippen MR) is 112 cm³/mol. The number of carboxylic acids is 1. The van der Waals surface area contributed by atoms with E-state index in [1.807, 2.05) is 21.6 Å². The number of carbonyl (C=O) groups is 1. The smallest absolute Gasteiger partial charge is 0.341 e. The molecule has 154 valence electrons. The van der Waals surface area contributed by atoms with Gasteiger partial charge in [0.15, 0.2) is 0 Å². The van der Waals surface area contributed by atoms with E-state index < -0.39 is 17.2 Å². The Morgan fingerprint density at radius 2 is 1.93 bits per heavy atom. The Labute approximate surface area is 172 Å². The van der Waals surface area contributed by atoms with Crippen molar-refractivity contribution < 1.29 is 14.3 Å². The molecule has 1 aromatic heterocycles. The minimum absolute atomic E-state index is 0.128. The van der Waals surface area contributed by atoms with Crippen LogP contribution in [0.25, 0.3) is 10.9 Å². The lowest BCUT2D eigenvalue weighted by Crippen LogP contribution is -2.46. The fourth-order valence-electron chi connectivity index (χ4n) is 3.87. The van der Waals surface area contributed by atoms with E-state index in [2.05, 4.69) is 4.90 Å². The summed E-state index contributed by atoms with van der Waals surface area (Å²) in [6, 6.07) is 3.08. The first-order chi connectivity index (χ1) is 14.0. The summed E-state index contributed by atoms with van der Waals surface area (Å²) in [6.07, 6.45) is 7.22. The molecule has 1 aliphatic carbocycles. The predicted octanol–water partition coefficient (Wildman–Crippen LogP) is 3.09. The van der Waals surface area contributed by atoms with Gasteiger partial charge in [-0.05, 0) is 25.0 Å². The van der Waals surface area contributed by atoms with Crippen LogP contribution in [0.4, 0.5) is 10.1 Å². The van der Waals surface area contributed by atoms with Crippen LogP contribution in [0.15, 0.2) is 35.3 Å². The highest BCUT2D eigenvalue weighted by atomic mass is 35.5. The molecule has 0 bridgehead atoms. The highest BCUT2D eigenvalue weighted by molar-refractivity contribution is 6.18. The van der Waals surface area contributed by atoms with Crippen molar-refractivity contribution in [1.29, 1.82) is 0 Å². The first-order valence-electron chi connectivity index (χ1n) is 9.79. The number of aromatic nitrogens is 1. The van der Waals surface area contributed by atoms with Crippen molar-refractivity contribution in [1.82, 2.24) is 9.47 Å². The number of benzene rings is 1. The summed E-state index contributed by atoms with van der Waals surface area (Å²) in [7, 11) is 0. The number of aromatic carboxylic acids is 1. The van der Waals surface area contributed by atoms with E-state index in [0.29, 0.717) is 30.2 Å². The molecule has 1 saturated carbocycles. The van der Waals surface area contributed by atoms with E-state index in [1.54, 1.807) is 6.07 Å². The van der Waals surface area contributed by atoms with Crippen molar-refractivity contribution in [2.24, 2.45) is 0 Å². The zero-order valence-electron chi connectivity index (χ0n) is 16.0. The SMILES string of the molecule is O=C(O)c1cn(C2CC2)c2cc(N3CCN(C/C=C/CCl)CC3)c(F)cc2c1=O. The number of anilines is 1. The summed E-state index contributed by atoms with van der Waals surface area (Å²) < 4.78 is 16.8. The number of alkyl halides is 1. The largest absolute Gasteiger partial charge is 0.477 e. The number of piperazine rings is 1. The molecule has 1 aromatic carbocycles. The molecule has 2 aromatic rings. The van der Waals surface area contributed by atoms with Crippen LogP contribution in [-0.2, 0) is 0 Å². The summed E-state index contributed by atoms with van der Waals surface area (Å²) >= 11 is 5.65. The molecule has 1 N–H and O–H groups in total. The Morgan fingerprint density at radius 3 is 2.55 bits per heavy atom. The minimum atomic E-state index is -1.28. The number of carboxylic acid groups (broad SMARTS) is 1. The second-order valence-electron chi connectivity index (χ2n) is 7.55. The second-order valence-corrected chi connectivity index (χ2v) is 7.86. The molecular weight excluding hydrogens is 397 g/mol. The Kier molecular flexibility index (Phi) is 5.61. The molecule has 29 heavy (non-hydrogen) atoms. The molecule has 1 saturated heterocycles. The summed E-state index contributed by atoms with van der Waals surface area (Å²) in [4.78, 5) is 28.3. The Balaban J connectivity index is 1.67. The number of pyridine rings is 1. The van der Waals surface area contributed by atoms with E-state index in [-0.39, 0.29) is 17.0 Å². The van der Waals surface area contributed by atoms with Crippen molar-refractivity contribution in [3.8, 4) is 0 Å². The van der Waals surface area contributed by atoms with Gasteiger partial charge in [-0.1, -0.05) is 12.2 Å². The van der Waals surface area contributed by atoms with Crippen LogP contribution in [0.5, 0.6) is 0 Å². The molecule has 4 rings (SSSR count). The van der Waals surface area contributed by atoms with Gasteiger partial charge < -0.3 is 14.6 Å². The van der Waals surface area contributed by atoms with Gasteiger partial charge in [0.25, 0.3) is 0 Å². The molecular formula is C21H23ClFN3O3. The number of halogens is 2. The molecule has 0 radical (unpaired) electrons. The normalized spacial score (nSPS) is 18.1. The Bertz CT molecular complexity index is 1020. The van der Waals surface area contributed by atoms with Crippen LogP contribution in [0.3, 0.4) is 0 Å². The highest BCUT2D eigenvalue weighted by Crippen LogP contribution is 2.38. The highest BCUT2D eigenvalue weighted by Gasteiger charge is 2.28. The monoisotopic (exact) mass is 419 g/mol. The van der Waals surface area contributed by atoms with Gasteiger partial charge in [0.1, 0.15) is 11.4 Å². The number of rotatable bonds is 6. The van der Waals surface area contributed by atoms with Crippen LogP contribution < -0.4 is 10.3 Å². The standard InChI is InChI=1S/C21H23ClFN3O3/c22-5-1-2-6-24-7-9-25(10-8-24)19-12-18-15(11-17(19)23)20(27)16(21(28)29)13-26(18)14-3-4-14/h1-2,11-14H,3-10H2,(H,28,29)/b2-1+. The van der Waals surface area contributed by atoms with Gasteiger partial charge in [-0.25, -0.2) is 9.18 Å². The van der Waals surface area contributed by atoms with Gasteiger partial charge in [-0.2, -0.15) is 0 Å². The van der Waals surface area contributed by atoms with Crippen molar-refractivity contribution in [2.45, 2.75) is 18.9 Å². The molecule has 0 atom stereocenters. The Hall–Kier alpha value is -2.38. The number of allylic oxidation sites excluding steroid dienone is 1. The van der Waals surface area contributed by atoms with E-state index >= 15 is 0 Å². The van der Waals surface area contributed by atoms with Crippen molar-refractivity contribution in [2.75, 3.05) is 43.5 Å². The summed E-state index contributed by atoms with van der Waals surface area (Å²) in [5.41, 5.74) is 0.123. The van der Waals surface area contributed by atoms with E-state index in [1.165, 1.54) is 12.3 Å². The summed E-state index contributed by atoms with van der Waals surface area (Å²) in [5.74, 6) is -1.28. The van der Waals surface area contributed by atoms with Crippen LogP contribution in [0.1, 0.15) is 29.2 Å². The summed E-state index contributed by atoms with van der Waals surface area (Å²) in [5, 5.41) is 9.48. The maximum atomic E-state index is 14.9. The van der Waals surface area contributed by atoms with Gasteiger partial charge in [0, 0.05) is 56.2 Å². The molecule has 1 aliphatic heterocycles. The molecule has 6 nitrogen and oxygen atoms in total. The third kappa shape index (κ3) is 4.02. The van der Waals surface area contributed by atoms with E-state index in [4.69, 9.17) is 11.6 Å². The zero-order chi connectivity index (χ0) is 20.5.